The Balaban J connectivity index is 2.28. The summed E-state index contributed by atoms with van der Waals surface area (Å²) < 4.78 is 47.3. The highest BCUT2D eigenvalue weighted by Crippen LogP contribution is 2.27. The van der Waals surface area contributed by atoms with Gasteiger partial charge in [0.15, 0.2) is 0 Å². The maximum absolute atomic E-state index is 12.3. The summed E-state index contributed by atoms with van der Waals surface area (Å²) in [5.41, 5.74) is 0.761. The molecule has 0 saturated carbocycles. The Hall–Kier alpha value is -2.51. The van der Waals surface area contributed by atoms with Gasteiger partial charge in [-0.2, -0.15) is 0 Å². The van der Waals surface area contributed by atoms with Gasteiger partial charge in [0.05, 0.1) is 25.2 Å². The quantitative estimate of drug-likeness (QED) is 0.788. The summed E-state index contributed by atoms with van der Waals surface area (Å²) in [4.78, 5) is 15.8. The molecule has 8 heteroatoms. The summed E-state index contributed by atoms with van der Waals surface area (Å²) in [5.74, 6) is -0.862. The van der Waals surface area contributed by atoms with E-state index in [1.54, 1.807) is 19.9 Å². The van der Waals surface area contributed by atoms with Crippen LogP contribution in [0.2, 0.25) is 0 Å². The molecule has 2 aromatic rings. The van der Waals surface area contributed by atoms with Crippen LogP contribution >= 0.6 is 0 Å². The number of carbonyl (C=O) groups is 1. The molecule has 0 aliphatic carbocycles. The molecular weight excluding hydrogens is 313 g/mol. The summed E-state index contributed by atoms with van der Waals surface area (Å²) >= 11 is 0. The second-order valence-electron chi connectivity index (χ2n) is 4.70. The van der Waals surface area contributed by atoms with Gasteiger partial charge < -0.3 is 14.0 Å². The number of hydrogen-bond acceptors (Lipinski definition) is 4. The molecule has 1 atom stereocenters. The Morgan fingerprint density at radius 3 is 2.78 bits per heavy atom. The van der Waals surface area contributed by atoms with Crippen molar-refractivity contribution < 1.29 is 27.4 Å². The molecule has 0 aliphatic heterocycles. The van der Waals surface area contributed by atoms with E-state index in [1.807, 2.05) is 0 Å². The van der Waals surface area contributed by atoms with Crippen molar-refractivity contribution in [1.29, 1.82) is 0 Å². The van der Waals surface area contributed by atoms with Gasteiger partial charge in [0.1, 0.15) is 11.4 Å². The van der Waals surface area contributed by atoms with Crippen LogP contribution in [0.5, 0.6) is 5.75 Å². The largest absolute Gasteiger partial charge is 0.573 e. The number of hydrogen-bond donors (Lipinski definition) is 0. The van der Waals surface area contributed by atoms with Gasteiger partial charge in [-0.25, -0.2) is 9.78 Å². The summed E-state index contributed by atoms with van der Waals surface area (Å²) in [7, 11) is 0. The zero-order valence-corrected chi connectivity index (χ0v) is 12.5. The molecule has 0 fully saturated rings. The number of ether oxygens (including phenoxy) is 2. The summed E-state index contributed by atoms with van der Waals surface area (Å²) in [6, 6.07) is 5.15. The van der Waals surface area contributed by atoms with Crippen molar-refractivity contribution >= 4 is 5.97 Å². The maximum atomic E-state index is 12.3. The number of carbonyl (C=O) groups excluding carboxylic acids is 1. The molecule has 23 heavy (non-hydrogen) atoms. The molecule has 124 valence electrons. The predicted octanol–water partition coefficient (Wildman–Crippen LogP) is 3.57. The molecule has 0 radical (unpaired) electrons. The summed E-state index contributed by atoms with van der Waals surface area (Å²) in [6.07, 6.45) is -1.98. The molecule has 0 bridgehead atoms. The van der Waals surface area contributed by atoms with Gasteiger partial charge in [-0.1, -0.05) is 12.1 Å². The van der Waals surface area contributed by atoms with Crippen LogP contribution in [0.4, 0.5) is 13.2 Å². The van der Waals surface area contributed by atoms with Gasteiger partial charge >= 0.3 is 12.3 Å². The third kappa shape index (κ3) is 4.24. The smallest absolute Gasteiger partial charge is 0.461 e. The second kappa shape index (κ2) is 6.72. The van der Waals surface area contributed by atoms with Crippen molar-refractivity contribution in [1.82, 2.24) is 9.55 Å². The van der Waals surface area contributed by atoms with E-state index in [4.69, 9.17) is 4.74 Å². The molecule has 2 rings (SSSR count). The van der Waals surface area contributed by atoms with E-state index in [2.05, 4.69) is 9.72 Å². The fourth-order valence-electron chi connectivity index (χ4n) is 2.11. The highest BCUT2D eigenvalue weighted by molar-refractivity contribution is 5.87. The minimum Gasteiger partial charge on any atom is -0.461 e. The Kier molecular flexibility index (Phi) is 4.92. The van der Waals surface area contributed by atoms with E-state index in [1.165, 1.54) is 35.3 Å². The maximum Gasteiger partial charge on any atom is 0.573 e. The molecule has 0 spiro atoms. The van der Waals surface area contributed by atoms with Crippen molar-refractivity contribution in [2.75, 3.05) is 6.61 Å². The van der Waals surface area contributed by atoms with Crippen LogP contribution in [0.3, 0.4) is 0 Å². The van der Waals surface area contributed by atoms with E-state index < -0.39 is 18.4 Å². The Morgan fingerprint density at radius 1 is 1.39 bits per heavy atom. The van der Waals surface area contributed by atoms with Crippen molar-refractivity contribution in [2.24, 2.45) is 0 Å². The minimum atomic E-state index is -4.76. The van der Waals surface area contributed by atoms with Crippen molar-refractivity contribution in [3.05, 3.63) is 48.0 Å². The van der Waals surface area contributed by atoms with E-state index in [0.29, 0.717) is 5.56 Å². The lowest BCUT2D eigenvalue weighted by Gasteiger charge is -2.17. The van der Waals surface area contributed by atoms with E-state index in [-0.39, 0.29) is 18.1 Å². The monoisotopic (exact) mass is 328 g/mol. The van der Waals surface area contributed by atoms with Crippen LogP contribution < -0.4 is 4.74 Å². The Bertz CT molecular complexity index is 683. The summed E-state index contributed by atoms with van der Waals surface area (Å²) in [5, 5.41) is 0. The zero-order chi connectivity index (χ0) is 17.0. The van der Waals surface area contributed by atoms with Gasteiger partial charge in [-0.05, 0) is 31.5 Å². The minimum absolute atomic E-state index is 0.216. The first-order chi connectivity index (χ1) is 10.8. The molecule has 0 amide bonds. The SMILES string of the molecule is CCOC(=O)c1cncn1C(C)c1cccc(OC(F)(F)F)c1. The van der Waals surface area contributed by atoms with Crippen molar-refractivity contribution in [3.63, 3.8) is 0 Å². The topological polar surface area (TPSA) is 53.3 Å². The molecule has 0 aliphatic rings. The standard InChI is InChI=1S/C15H15F3N2O3/c1-3-22-14(21)13-8-19-9-20(13)10(2)11-5-4-6-12(7-11)23-15(16,17)18/h4-10H,3H2,1-2H3. The van der Waals surface area contributed by atoms with Gasteiger partial charge in [-0.3, -0.25) is 0 Å². The average Bonchev–Trinajstić information content (AvgIpc) is 2.94. The molecule has 1 aromatic heterocycles. The molecule has 1 heterocycles. The fraction of sp³-hybridized carbons (Fsp3) is 0.333. The number of aromatic nitrogens is 2. The van der Waals surface area contributed by atoms with Crippen LogP contribution in [0.25, 0.3) is 0 Å². The highest BCUT2D eigenvalue weighted by Gasteiger charge is 2.31. The van der Waals surface area contributed by atoms with Gasteiger partial charge in [0, 0.05) is 0 Å². The number of nitrogens with zero attached hydrogens (tertiary/aromatic N) is 2. The molecule has 1 aromatic carbocycles. The van der Waals surface area contributed by atoms with Crippen LogP contribution in [0, 0.1) is 0 Å². The zero-order valence-electron chi connectivity index (χ0n) is 12.5. The molecule has 5 nitrogen and oxygen atoms in total. The summed E-state index contributed by atoms with van der Waals surface area (Å²) in [6.45, 7) is 3.63. The first-order valence-electron chi connectivity index (χ1n) is 6.86. The number of imidazole rings is 1. The molecular formula is C15H15F3N2O3. The average molecular weight is 328 g/mol. The highest BCUT2D eigenvalue weighted by atomic mass is 19.4. The lowest BCUT2D eigenvalue weighted by atomic mass is 10.1. The van der Waals surface area contributed by atoms with Crippen LogP contribution in [-0.4, -0.2) is 28.5 Å². The van der Waals surface area contributed by atoms with Crippen molar-refractivity contribution in [2.45, 2.75) is 26.3 Å². The lowest BCUT2D eigenvalue weighted by Crippen LogP contribution is -2.18. The molecule has 0 N–H and O–H groups in total. The number of rotatable bonds is 5. The lowest BCUT2D eigenvalue weighted by molar-refractivity contribution is -0.274. The predicted molar refractivity (Wildman–Crippen MR) is 75.1 cm³/mol. The third-order valence-corrected chi connectivity index (χ3v) is 3.14. The normalized spacial score (nSPS) is 12.7. The Morgan fingerprint density at radius 2 is 2.13 bits per heavy atom. The van der Waals surface area contributed by atoms with E-state index in [0.717, 1.165) is 0 Å². The van der Waals surface area contributed by atoms with Gasteiger partial charge in [0.25, 0.3) is 0 Å². The van der Waals surface area contributed by atoms with Crippen LogP contribution in [0.1, 0.15) is 35.9 Å². The number of benzene rings is 1. The second-order valence-corrected chi connectivity index (χ2v) is 4.70. The van der Waals surface area contributed by atoms with Crippen molar-refractivity contribution in [3.8, 4) is 5.75 Å². The van der Waals surface area contributed by atoms with Crippen LogP contribution in [0.15, 0.2) is 36.8 Å². The first kappa shape index (κ1) is 16.9. The Labute approximate surface area is 130 Å². The number of esters is 1. The van der Waals surface area contributed by atoms with E-state index in [9.17, 15) is 18.0 Å². The molecule has 0 saturated heterocycles. The first-order valence-corrected chi connectivity index (χ1v) is 6.86. The third-order valence-electron chi connectivity index (χ3n) is 3.14. The van der Waals surface area contributed by atoms with Gasteiger partial charge in [-0.15, -0.1) is 13.2 Å². The van der Waals surface area contributed by atoms with E-state index >= 15 is 0 Å². The fourth-order valence-corrected chi connectivity index (χ4v) is 2.11. The number of alkyl halides is 3. The number of halogens is 3. The van der Waals surface area contributed by atoms with Crippen LogP contribution in [-0.2, 0) is 4.74 Å². The molecule has 1 unspecified atom stereocenters. The van der Waals surface area contributed by atoms with Gasteiger partial charge in [0.2, 0.25) is 0 Å².